The molecule has 2 aromatic rings. The number of benzene rings is 2. The Morgan fingerprint density at radius 2 is 1.81 bits per heavy atom. The molecule has 7 heteroatoms. The van der Waals surface area contributed by atoms with E-state index in [0.717, 1.165) is 6.42 Å². The third kappa shape index (κ3) is 5.62. The Bertz CT molecular complexity index is 805. The summed E-state index contributed by atoms with van der Waals surface area (Å²) in [5.41, 5.74) is 1.69. The van der Waals surface area contributed by atoms with Crippen LogP contribution in [-0.4, -0.2) is 32.2 Å². The van der Waals surface area contributed by atoms with E-state index in [0.29, 0.717) is 11.4 Å². The summed E-state index contributed by atoms with van der Waals surface area (Å²) in [7, 11) is 1.42. The minimum Gasteiger partial charge on any atom is -0.496 e. The number of esters is 1. The molecule has 0 aliphatic rings. The van der Waals surface area contributed by atoms with E-state index in [1.54, 1.807) is 6.92 Å². The van der Waals surface area contributed by atoms with Crippen LogP contribution in [0, 0.1) is 0 Å². The summed E-state index contributed by atoms with van der Waals surface area (Å²) in [5.74, 6) is -0.0803. The Hall–Kier alpha value is -2.73. The van der Waals surface area contributed by atoms with Crippen molar-refractivity contribution in [1.82, 2.24) is 0 Å². The van der Waals surface area contributed by atoms with Gasteiger partial charge in [-0.15, -0.1) is 0 Å². The third-order valence-corrected chi connectivity index (χ3v) is 4.07. The monoisotopic (exact) mass is 391 g/mol. The fourth-order valence-electron chi connectivity index (χ4n) is 2.34. The number of rotatable bonds is 8. The van der Waals surface area contributed by atoms with Gasteiger partial charge in [0.25, 0.3) is 5.91 Å². The molecule has 1 N–H and O–H groups in total. The van der Waals surface area contributed by atoms with E-state index < -0.39 is 5.97 Å². The number of halogens is 1. The highest BCUT2D eigenvalue weighted by Crippen LogP contribution is 2.31. The lowest BCUT2D eigenvalue weighted by Crippen LogP contribution is -2.20. The zero-order chi connectivity index (χ0) is 19.8. The molecule has 6 nitrogen and oxygen atoms in total. The summed E-state index contributed by atoms with van der Waals surface area (Å²) in [6.45, 7) is 3.82. The molecule has 1 amide bonds. The number of aryl methyl sites for hydroxylation is 1. The first-order chi connectivity index (χ1) is 13.0. The van der Waals surface area contributed by atoms with Crippen molar-refractivity contribution in [2.24, 2.45) is 0 Å². The van der Waals surface area contributed by atoms with Crippen LogP contribution >= 0.6 is 11.6 Å². The smallest absolute Gasteiger partial charge is 0.341 e. The number of ether oxygens (including phenoxy) is 3. The van der Waals surface area contributed by atoms with Gasteiger partial charge < -0.3 is 19.5 Å². The maximum atomic E-state index is 12.2. The number of hydrogen-bond donors (Lipinski definition) is 1. The second-order valence-electron chi connectivity index (χ2n) is 5.59. The molecule has 0 radical (unpaired) electrons. The quantitative estimate of drug-likeness (QED) is 0.685. The largest absolute Gasteiger partial charge is 0.496 e. The van der Waals surface area contributed by atoms with Crippen LogP contribution in [0.5, 0.6) is 11.5 Å². The van der Waals surface area contributed by atoms with E-state index in [-0.39, 0.29) is 35.5 Å². The summed E-state index contributed by atoms with van der Waals surface area (Å²) in [4.78, 5) is 24.1. The van der Waals surface area contributed by atoms with E-state index >= 15 is 0 Å². The van der Waals surface area contributed by atoms with Crippen LogP contribution < -0.4 is 14.8 Å². The summed E-state index contributed by atoms with van der Waals surface area (Å²) in [5, 5.41) is 2.84. The Morgan fingerprint density at radius 3 is 2.41 bits per heavy atom. The second-order valence-corrected chi connectivity index (χ2v) is 5.99. The number of methoxy groups -OCH3 is 1. The van der Waals surface area contributed by atoms with Gasteiger partial charge in [0, 0.05) is 6.07 Å². The number of carbonyl (C=O) groups is 2. The molecule has 2 aromatic carbocycles. The molecule has 0 atom stereocenters. The van der Waals surface area contributed by atoms with Crippen LogP contribution in [0.15, 0.2) is 36.4 Å². The average molecular weight is 392 g/mol. The van der Waals surface area contributed by atoms with Crippen LogP contribution in [0.2, 0.25) is 5.02 Å². The molecule has 0 unspecified atom stereocenters. The average Bonchev–Trinajstić information content (AvgIpc) is 2.68. The lowest BCUT2D eigenvalue weighted by atomic mass is 10.1. The van der Waals surface area contributed by atoms with Gasteiger partial charge in [-0.05, 0) is 37.1 Å². The first-order valence-corrected chi connectivity index (χ1v) is 8.92. The second kappa shape index (κ2) is 9.83. The molecule has 144 valence electrons. The Kier molecular flexibility index (Phi) is 7.49. The SMILES string of the molecule is CCOC(=O)c1cc(Cl)c(NC(=O)COc2ccc(CC)cc2)cc1OC. The molecule has 0 aliphatic heterocycles. The van der Waals surface area contributed by atoms with E-state index in [2.05, 4.69) is 12.2 Å². The van der Waals surface area contributed by atoms with Crippen LogP contribution in [-0.2, 0) is 16.0 Å². The highest BCUT2D eigenvalue weighted by atomic mass is 35.5. The van der Waals surface area contributed by atoms with Gasteiger partial charge in [-0.3, -0.25) is 4.79 Å². The van der Waals surface area contributed by atoms with Crippen LogP contribution in [0.3, 0.4) is 0 Å². The fourth-order valence-corrected chi connectivity index (χ4v) is 2.55. The molecule has 0 bridgehead atoms. The Balaban J connectivity index is 2.04. The van der Waals surface area contributed by atoms with E-state index in [1.807, 2.05) is 24.3 Å². The lowest BCUT2D eigenvalue weighted by molar-refractivity contribution is -0.118. The third-order valence-electron chi connectivity index (χ3n) is 3.76. The van der Waals surface area contributed by atoms with Crippen molar-refractivity contribution in [2.45, 2.75) is 20.3 Å². The fraction of sp³-hybridized carbons (Fsp3) is 0.300. The van der Waals surface area contributed by atoms with Gasteiger partial charge in [0.1, 0.15) is 17.1 Å². The molecule has 0 saturated heterocycles. The highest BCUT2D eigenvalue weighted by molar-refractivity contribution is 6.34. The van der Waals surface area contributed by atoms with Crippen LogP contribution in [0.25, 0.3) is 0 Å². The van der Waals surface area contributed by atoms with Gasteiger partial charge in [0.2, 0.25) is 0 Å². The predicted octanol–water partition coefficient (Wildman–Crippen LogP) is 4.11. The topological polar surface area (TPSA) is 73.9 Å². The van der Waals surface area contributed by atoms with Gasteiger partial charge in [0.15, 0.2) is 6.61 Å². The normalized spacial score (nSPS) is 10.2. The first kappa shape index (κ1) is 20.6. The summed E-state index contributed by atoms with van der Waals surface area (Å²) < 4.78 is 15.6. The van der Waals surface area contributed by atoms with Gasteiger partial charge in [-0.2, -0.15) is 0 Å². The number of amides is 1. The summed E-state index contributed by atoms with van der Waals surface area (Å²) in [6, 6.07) is 10.4. The highest BCUT2D eigenvalue weighted by Gasteiger charge is 2.18. The summed E-state index contributed by atoms with van der Waals surface area (Å²) in [6.07, 6.45) is 0.933. The zero-order valence-corrected chi connectivity index (χ0v) is 16.3. The molecule has 27 heavy (non-hydrogen) atoms. The minimum absolute atomic E-state index is 0.177. The molecule has 0 aliphatic carbocycles. The van der Waals surface area contributed by atoms with Crippen molar-refractivity contribution >= 4 is 29.2 Å². The van der Waals surface area contributed by atoms with Crippen molar-refractivity contribution in [1.29, 1.82) is 0 Å². The van der Waals surface area contributed by atoms with Crippen molar-refractivity contribution in [2.75, 3.05) is 25.6 Å². The predicted molar refractivity (Wildman–Crippen MR) is 104 cm³/mol. The van der Waals surface area contributed by atoms with Crippen LogP contribution in [0.1, 0.15) is 29.8 Å². The zero-order valence-electron chi connectivity index (χ0n) is 15.5. The number of hydrogen-bond acceptors (Lipinski definition) is 5. The van der Waals surface area contributed by atoms with Crippen molar-refractivity contribution in [3.8, 4) is 11.5 Å². The van der Waals surface area contributed by atoms with Gasteiger partial charge in [0.05, 0.1) is 24.4 Å². The van der Waals surface area contributed by atoms with Crippen molar-refractivity contribution < 1.29 is 23.8 Å². The standard InChI is InChI=1S/C20H22ClNO5/c1-4-13-6-8-14(9-7-13)27-12-19(23)22-17-11-18(25-3)15(10-16(17)21)20(24)26-5-2/h6-11H,4-5,12H2,1-3H3,(H,22,23). The van der Waals surface area contributed by atoms with Gasteiger partial charge in [-0.25, -0.2) is 4.79 Å². The van der Waals surface area contributed by atoms with Crippen molar-refractivity contribution in [3.05, 3.63) is 52.5 Å². The molecule has 0 aromatic heterocycles. The molecule has 0 fully saturated rings. The molecule has 2 rings (SSSR count). The Morgan fingerprint density at radius 1 is 1.11 bits per heavy atom. The molecule has 0 saturated carbocycles. The van der Waals surface area contributed by atoms with E-state index in [4.69, 9.17) is 25.8 Å². The maximum absolute atomic E-state index is 12.2. The summed E-state index contributed by atoms with van der Waals surface area (Å²) >= 11 is 6.18. The molecular formula is C20H22ClNO5. The maximum Gasteiger partial charge on any atom is 0.341 e. The molecular weight excluding hydrogens is 370 g/mol. The van der Waals surface area contributed by atoms with Gasteiger partial charge in [-0.1, -0.05) is 30.7 Å². The van der Waals surface area contributed by atoms with E-state index in [1.165, 1.54) is 24.8 Å². The molecule has 0 heterocycles. The van der Waals surface area contributed by atoms with Crippen molar-refractivity contribution in [3.63, 3.8) is 0 Å². The number of anilines is 1. The minimum atomic E-state index is -0.548. The van der Waals surface area contributed by atoms with Gasteiger partial charge >= 0.3 is 5.97 Å². The Labute approximate surface area is 163 Å². The lowest BCUT2D eigenvalue weighted by Gasteiger charge is -2.13. The van der Waals surface area contributed by atoms with Crippen LogP contribution in [0.4, 0.5) is 5.69 Å². The number of nitrogens with one attached hydrogen (secondary N) is 1. The molecule has 0 spiro atoms. The number of carbonyl (C=O) groups excluding carboxylic acids is 2. The van der Waals surface area contributed by atoms with E-state index in [9.17, 15) is 9.59 Å². The first-order valence-electron chi connectivity index (χ1n) is 8.54.